The Morgan fingerprint density at radius 1 is 1.10 bits per heavy atom. The van der Waals surface area contributed by atoms with E-state index in [0.717, 1.165) is 5.56 Å². The molecule has 0 saturated carbocycles. The number of amides is 2. The first-order valence-electron chi connectivity index (χ1n) is 9.30. The molecule has 2 aromatic rings. The van der Waals surface area contributed by atoms with Crippen molar-refractivity contribution >= 4 is 35.0 Å². The van der Waals surface area contributed by atoms with Crippen LogP contribution in [0.25, 0.3) is 0 Å². The molecular formula is C22H26Cl2N2O3. The van der Waals surface area contributed by atoms with Crippen molar-refractivity contribution in [2.75, 3.05) is 6.61 Å². The standard InChI is InChI=1S/C22H26Cl2N2O3/c1-15(21(28)25-22(2,3)4)26(13-16-8-6-5-7-9-16)20(27)14-29-19-11-10-17(23)12-18(19)24/h5-12,15H,13-14H2,1-4H3,(H,25,28). The number of hydrogen-bond donors (Lipinski definition) is 1. The molecule has 5 nitrogen and oxygen atoms in total. The van der Waals surface area contributed by atoms with Crippen LogP contribution in [0.4, 0.5) is 0 Å². The van der Waals surface area contributed by atoms with Crippen molar-refractivity contribution in [3.05, 3.63) is 64.1 Å². The van der Waals surface area contributed by atoms with E-state index in [9.17, 15) is 9.59 Å². The van der Waals surface area contributed by atoms with Crippen molar-refractivity contribution in [2.45, 2.75) is 45.8 Å². The summed E-state index contributed by atoms with van der Waals surface area (Å²) >= 11 is 12.0. The monoisotopic (exact) mass is 436 g/mol. The highest BCUT2D eigenvalue weighted by molar-refractivity contribution is 6.35. The van der Waals surface area contributed by atoms with Crippen LogP contribution in [0.1, 0.15) is 33.3 Å². The van der Waals surface area contributed by atoms with Crippen molar-refractivity contribution in [3.8, 4) is 5.75 Å². The summed E-state index contributed by atoms with van der Waals surface area (Å²) in [6, 6.07) is 13.6. The molecule has 2 aromatic carbocycles. The lowest BCUT2D eigenvalue weighted by Gasteiger charge is -2.31. The zero-order valence-electron chi connectivity index (χ0n) is 17.0. The van der Waals surface area contributed by atoms with Gasteiger partial charge in [-0.2, -0.15) is 0 Å². The Kier molecular flexibility index (Phi) is 7.94. The lowest BCUT2D eigenvalue weighted by atomic mass is 10.1. The van der Waals surface area contributed by atoms with Crippen molar-refractivity contribution in [1.29, 1.82) is 0 Å². The van der Waals surface area contributed by atoms with Crippen LogP contribution in [0.3, 0.4) is 0 Å². The third kappa shape index (κ3) is 7.26. The van der Waals surface area contributed by atoms with Crippen LogP contribution in [0, 0.1) is 0 Å². The van der Waals surface area contributed by atoms with Crippen LogP contribution in [-0.4, -0.2) is 34.9 Å². The maximum Gasteiger partial charge on any atom is 0.261 e. The highest BCUT2D eigenvalue weighted by Crippen LogP contribution is 2.27. The fourth-order valence-electron chi connectivity index (χ4n) is 2.65. The van der Waals surface area contributed by atoms with Crippen LogP contribution in [0.2, 0.25) is 10.0 Å². The van der Waals surface area contributed by atoms with Crippen molar-refractivity contribution in [2.24, 2.45) is 0 Å². The van der Waals surface area contributed by atoms with E-state index in [1.54, 1.807) is 25.1 Å². The largest absolute Gasteiger partial charge is 0.482 e. The van der Waals surface area contributed by atoms with Gasteiger partial charge >= 0.3 is 0 Å². The molecule has 0 aromatic heterocycles. The first kappa shape index (κ1) is 23.0. The van der Waals surface area contributed by atoms with E-state index >= 15 is 0 Å². The lowest BCUT2D eigenvalue weighted by molar-refractivity contribution is -0.142. The number of halogens is 2. The molecule has 7 heteroatoms. The van der Waals surface area contributed by atoms with Crippen LogP contribution >= 0.6 is 23.2 Å². The van der Waals surface area contributed by atoms with E-state index in [4.69, 9.17) is 27.9 Å². The number of rotatable bonds is 7. The Labute approximate surface area is 181 Å². The molecule has 0 spiro atoms. The van der Waals surface area contributed by atoms with Gasteiger partial charge in [-0.1, -0.05) is 53.5 Å². The number of nitrogens with one attached hydrogen (secondary N) is 1. The fraction of sp³-hybridized carbons (Fsp3) is 0.364. The predicted molar refractivity (Wildman–Crippen MR) is 116 cm³/mol. The van der Waals surface area contributed by atoms with Gasteiger partial charge in [-0.3, -0.25) is 9.59 Å². The van der Waals surface area contributed by atoms with E-state index in [0.29, 0.717) is 15.8 Å². The molecule has 0 saturated heterocycles. The highest BCUT2D eigenvalue weighted by atomic mass is 35.5. The molecule has 2 rings (SSSR count). The third-order valence-corrected chi connectivity index (χ3v) is 4.64. The quantitative estimate of drug-likeness (QED) is 0.683. The molecule has 0 fully saturated rings. The van der Waals surface area contributed by atoms with Gasteiger partial charge in [-0.25, -0.2) is 0 Å². The normalized spacial score (nSPS) is 12.2. The van der Waals surface area contributed by atoms with E-state index in [-0.39, 0.29) is 25.0 Å². The number of benzene rings is 2. The predicted octanol–water partition coefficient (Wildman–Crippen LogP) is 4.70. The van der Waals surface area contributed by atoms with Gasteiger partial charge in [0.1, 0.15) is 11.8 Å². The van der Waals surface area contributed by atoms with E-state index < -0.39 is 11.6 Å². The first-order chi connectivity index (χ1) is 13.6. The maximum absolute atomic E-state index is 13.0. The van der Waals surface area contributed by atoms with Crippen molar-refractivity contribution in [1.82, 2.24) is 10.2 Å². The second-order valence-corrected chi connectivity index (χ2v) is 8.63. The van der Waals surface area contributed by atoms with Gasteiger partial charge in [0.15, 0.2) is 6.61 Å². The smallest absolute Gasteiger partial charge is 0.261 e. The molecule has 29 heavy (non-hydrogen) atoms. The number of carbonyl (C=O) groups excluding carboxylic acids is 2. The van der Waals surface area contributed by atoms with Crippen molar-refractivity contribution < 1.29 is 14.3 Å². The molecule has 2 amide bonds. The fourth-order valence-corrected chi connectivity index (χ4v) is 3.11. The summed E-state index contributed by atoms with van der Waals surface area (Å²) in [5, 5.41) is 3.72. The summed E-state index contributed by atoms with van der Waals surface area (Å²) in [4.78, 5) is 27.1. The summed E-state index contributed by atoms with van der Waals surface area (Å²) in [7, 11) is 0. The van der Waals surface area contributed by atoms with E-state index in [1.165, 1.54) is 4.90 Å². The maximum atomic E-state index is 13.0. The lowest BCUT2D eigenvalue weighted by Crippen LogP contribution is -2.53. The number of ether oxygens (including phenoxy) is 1. The number of nitrogens with zero attached hydrogens (tertiary/aromatic N) is 1. The molecule has 0 radical (unpaired) electrons. The zero-order valence-corrected chi connectivity index (χ0v) is 18.6. The van der Waals surface area contributed by atoms with Gasteiger partial charge in [0.2, 0.25) is 5.91 Å². The summed E-state index contributed by atoms with van der Waals surface area (Å²) in [6.45, 7) is 7.43. The Hall–Kier alpha value is -2.24. The molecule has 0 bridgehead atoms. The molecule has 1 unspecified atom stereocenters. The Bertz CT molecular complexity index is 851. The third-order valence-electron chi connectivity index (χ3n) is 4.11. The molecule has 0 aliphatic rings. The van der Waals surface area contributed by atoms with Gasteiger partial charge in [0, 0.05) is 17.1 Å². The van der Waals surface area contributed by atoms with Crippen molar-refractivity contribution in [3.63, 3.8) is 0 Å². The minimum absolute atomic E-state index is 0.230. The van der Waals surface area contributed by atoms with Gasteiger partial charge in [0.25, 0.3) is 5.91 Å². The van der Waals surface area contributed by atoms with Gasteiger partial charge < -0.3 is 15.0 Å². The van der Waals surface area contributed by atoms with Gasteiger partial charge in [-0.05, 0) is 51.5 Å². The van der Waals surface area contributed by atoms with Crippen LogP contribution in [0.5, 0.6) is 5.75 Å². The zero-order chi connectivity index (χ0) is 21.6. The van der Waals surface area contributed by atoms with Crippen LogP contribution in [0.15, 0.2) is 48.5 Å². The molecule has 0 aliphatic carbocycles. The summed E-state index contributed by atoms with van der Waals surface area (Å²) in [5.74, 6) is -0.196. The Morgan fingerprint density at radius 3 is 2.34 bits per heavy atom. The van der Waals surface area contributed by atoms with Gasteiger partial charge in [-0.15, -0.1) is 0 Å². The van der Waals surface area contributed by atoms with Crippen LogP contribution in [-0.2, 0) is 16.1 Å². The van der Waals surface area contributed by atoms with Crippen LogP contribution < -0.4 is 10.1 Å². The Morgan fingerprint density at radius 2 is 1.76 bits per heavy atom. The minimum Gasteiger partial charge on any atom is -0.482 e. The average molecular weight is 437 g/mol. The molecular weight excluding hydrogens is 411 g/mol. The highest BCUT2D eigenvalue weighted by Gasteiger charge is 2.28. The topological polar surface area (TPSA) is 58.6 Å². The number of carbonyl (C=O) groups is 2. The first-order valence-corrected chi connectivity index (χ1v) is 10.1. The molecule has 0 heterocycles. The number of hydrogen-bond acceptors (Lipinski definition) is 3. The molecule has 1 atom stereocenters. The Balaban J connectivity index is 2.16. The second kappa shape index (κ2) is 9.99. The molecule has 156 valence electrons. The average Bonchev–Trinajstić information content (AvgIpc) is 2.64. The van der Waals surface area contributed by atoms with E-state index in [1.807, 2.05) is 51.1 Å². The summed E-state index contributed by atoms with van der Waals surface area (Å²) in [6.07, 6.45) is 0. The SMILES string of the molecule is CC(C(=O)NC(C)(C)C)N(Cc1ccccc1)C(=O)COc1ccc(Cl)cc1Cl. The molecule has 0 aliphatic heterocycles. The van der Waals surface area contributed by atoms with E-state index in [2.05, 4.69) is 5.32 Å². The van der Waals surface area contributed by atoms with Gasteiger partial charge in [0.05, 0.1) is 5.02 Å². The summed E-state index contributed by atoms with van der Waals surface area (Å²) < 4.78 is 5.59. The summed E-state index contributed by atoms with van der Waals surface area (Å²) in [5.41, 5.74) is 0.515. The minimum atomic E-state index is -0.675. The molecule has 1 N–H and O–H groups in total. The second-order valence-electron chi connectivity index (χ2n) is 7.79.